The van der Waals surface area contributed by atoms with Crippen molar-refractivity contribution in [3.63, 3.8) is 0 Å². The quantitative estimate of drug-likeness (QED) is 0.823. The number of halogens is 1. The molecule has 0 amide bonds. The van der Waals surface area contributed by atoms with Gasteiger partial charge in [-0.05, 0) is 34.5 Å². The van der Waals surface area contributed by atoms with Gasteiger partial charge in [-0.2, -0.15) is 0 Å². The van der Waals surface area contributed by atoms with Crippen LogP contribution in [0.15, 0.2) is 28.7 Å². The summed E-state index contributed by atoms with van der Waals surface area (Å²) in [6.45, 7) is 2.30. The molecular formula is C11H13BrN2. The lowest BCUT2D eigenvalue weighted by atomic mass is 9.91. The highest BCUT2D eigenvalue weighted by molar-refractivity contribution is 9.10. The molecule has 1 aromatic rings. The summed E-state index contributed by atoms with van der Waals surface area (Å²) < 4.78 is 1.21. The van der Waals surface area contributed by atoms with Crippen molar-refractivity contribution in [1.29, 1.82) is 0 Å². The molecule has 3 aliphatic rings. The van der Waals surface area contributed by atoms with Crippen LogP contribution >= 0.6 is 15.9 Å². The lowest BCUT2D eigenvalue weighted by Crippen LogP contribution is -2.67. The van der Waals surface area contributed by atoms with Gasteiger partial charge in [-0.15, -0.1) is 0 Å². The number of anilines is 1. The normalized spacial score (nSPS) is 29.9. The van der Waals surface area contributed by atoms with Gasteiger partial charge in [0.15, 0.2) is 0 Å². The number of hydrogen-bond acceptors (Lipinski definition) is 2. The topological polar surface area (TPSA) is 15.3 Å². The third kappa shape index (κ3) is 1.35. The second kappa shape index (κ2) is 3.24. The van der Waals surface area contributed by atoms with Gasteiger partial charge < -0.3 is 10.2 Å². The van der Waals surface area contributed by atoms with Crippen molar-refractivity contribution in [3.05, 3.63) is 28.7 Å². The van der Waals surface area contributed by atoms with E-state index < -0.39 is 0 Å². The maximum absolute atomic E-state index is 3.60. The second-order valence-corrected chi connectivity index (χ2v) is 5.01. The molecular weight excluding hydrogens is 240 g/mol. The molecule has 1 aromatic carbocycles. The summed E-state index contributed by atoms with van der Waals surface area (Å²) in [6.07, 6.45) is 1.36. The molecule has 0 aromatic heterocycles. The predicted molar refractivity (Wildman–Crippen MR) is 61.7 cm³/mol. The molecule has 0 radical (unpaired) electrons. The predicted octanol–water partition coefficient (Wildman–Crippen LogP) is 2.00. The summed E-state index contributed by atoms with van der Waals surface area (Å²) in [5.74, 6) is 0. The van der Waals surface area contributed by atoms with Crippen molar-refractivity contribution < 1.29 is 0 Å². The van der Waals surface area contributed by atoms with Crippen molar-refractivity contribution in [2.24, 2.45) is 0 Å². The number of para-hydroxylation sites is 1. The maximum atomic E-state index is 3.60. The molecule has 4 rings (SSSR count). The van der Waals surface area contributed by atoms with E-state index in [9.17, 15) is 0 Å². The van der Waals surface area contributed by atoms with Gasteiger partial charge in [0.25, 0.3) is 0 Å². The molecule has 3 fully saturated rings. The minimum Gasteiger partial charge on any atom is -0.367 e. The number of hydrogen-bond donors (Lipinski definition) is 1. The maximum Gasteiger partial charge on any atom is 0.0511 e. The van der Waals surface area contributed by atoms with E-state index in [0.29, 0.717) is 0 Å². The van der Waals surface area contributed by atoms with Gasteiger partial charge in [0.2, 0.25) is 0 Å². The smallest absolute Gasteiger partial charge is 0.0511 e. The first-order valence-corrected chi connectivity index (χ1v) is 5.88. The average Bonchev–Trinajstić information content (AvgIpc) is 2.17. The van der Waals surface area contributed by atoms with Crippen LogP contribution in [0.3, 0.4) is 0 Å². The number of rotatable bonds is 1. The lowest BCUT2D eigenvalue weighted by molar-refractivity contribution is 0.226. The van der Waals surface area contributed by atoms with Gasteiger partial charge in [0.05, 0.1) is 5.69 Å². The van der Waals surface area contributed by atoms with E-state index in [1.807, 2.05) is 0 Å². The Hall–Kier alpha value is -0.540. The van der Waals surface area contributed by atoms with Crippen molar-refractivity contribution >= 4 is 21.6 Å². The number of benzene rings is 1. The van der Waals surface area contributed by atoms with Crippen molar-refractivity contribution in [2.75, 3.05) is 18.0 Å². The van der Waals surface area contributed by atoms with E-state index in [1.165, 1.54) is 16.6 Å². The van der Waals surface area contributed by atoms with E-state index in [1.54, 1.807) is 0 Å². The van der Waals surface area contributed by atoms with Crippen molar-refractivity contribution in [1.82, 2.24) is 5.32 Å². The number of fused-ring (bicyclic) bond motifs is 2. The summed E-state index contributed by atoms with van der Waals surface area (Å²) >= 11 is 3.60. The second-order valence-electron chi connectivity index (χ2n) is 4.15. The molecule has 0 aliphatic carbocycles. The molecule has 3 aliphatic heterocycles. The highest BCUT2D eigenvalue weighted by Gasteiger charge is 2.36. The Morgan fingerprint density at radius 2 is 1.86 bits per heavy atom. The zero-order valence-electron chi connectivity index (χ0n) is 7.91. The third-order valence-electron chi connectivity index (χ3n) is 3.12. The molecule has 2 bridgehead atoms. The van der Waals surface area contributed by atoms with E-state index >= 15 is 0 Å². The molecule has 3 heteroatoms. The minimum absolute atomic E-state index is 0.723. The fourth-order valence-electron chi connectivity index (χ4n) is 2.42. The monoisotopic (exact) mass is 252 g/mol. The zero-order chi connectivity index (χ0) is 9.54. The summed E-state index contributed by atoms with van der Waals surface area (Å²) in [7, 11) is 0. The highest BCUT2D eigenvalue weighted by atomic mass is 79.9. The number of nitrogens with zero attached hydrogens (tertiary/aromatic N) is 1. The van der Waals surface area contributed by atoms with E-state index in [0.717, 1.165) is 25.2 Å². The van der Waals surface area contributed by atoms with Crippen LogP contribution in [0.2, 0.25) is 0 Å². The number of nitrogens with one attached hydrogen (secondary N) is 1. The molecule has 14 heavy (non-hydrogen) atoms. The van der Waals surface area contributed by atoms with Crippen molar-refractivity contribution in [3.8, 4) is 0 Å². The summed E-state index contributed by atoms with van der Waals surface area (Å²) in [6, 6.07) is 9.92. The van der Waals surface area contributed by atoms with Gasteiger partial charge >= 0.3 is 0 Å². The zero-order valence-corrected chi connectivity index (χ0v) is 9.50. The van der Waals surface area contributed by atoms with Crippen LogP contribution in [0, 0.1) is 0 Å². The van der Waals surface area contributed by atoms with Crippen LogP contribution in [0.1, 0.15) is 6.42 Å². The minimum atomic E-state index is 0.723. The number of piperazine rings is 1. The van der Waals surface area contributed by atoms with Gasteiger partial charge in [0.1, 0.15) is 0 Å². The third-order valence-corrected chi connectivity index (χ3v) is 3.79. The molecule has 2 atom stereocenters. The Labute approximate surface area is 92.4 Å². The molecule has 0 saturated carbocycles. The van der Waals surface area contributed by atoms with Gasteiger partial charge in [-0.1, -0.05) is 12.1 Å². The van der Waals surface area contributed by atoms with E-state index in [-0.39, 0.29) is 0 Å². The molecule has 2 unspecified atom stereocenters. The van der Waals surface area contributed by atoms with Gasteiger partial charge in [-0.25, -0.2) is 0 Å². The van der Waals surface area contributed by atoms with Gasteiger partial charge in [0, 0.05) is 29.6 Å². The highest BCUT2D eigenvalue weighted by Crippen LogP contribution is 2.31. The summed E-state index contributed by atoms with van der Waals surface area (Å²) in [4.78, 5) is 2.47. The van der Waals surface area contributed by atoms with E-state index in [4.69, 9.17) is 0 Å². The van der Waals surface area contributed by atoms with Crippen LogP contribution in [0.4, 0.5) is 5.69 Å². The Balaban J connectivity index is 1.85. The first-order valence-electron chi connectivity index (χ1n) is 5.08. The Bertz CT molecular complexity index is 337. The van der Waals surface area contributed by atoms with Crippen LogP contribution in [-0.4, -0.2) is 25.2 Å². The van der Waals surface area contributed by atoms with Crippen LogP contribution in [0.25, 0.3) is 0 Å². The lowest BCUT2D eigenvalue weighted by Gasteiger charge is -2.49. The molecule has 0 spiro atoms. The van der Waals surface area contributed by atoms with Crippen LogP contribution < -0.4 is 10.2 Å². The fraction of sp³-hybridized carbons (Fsp3) is 0.455. The van der Waals surface area contributed by atoms with Crippen molar-refractivity contribution in [2.45, 2.75) is 18.5 Å². The molecule has 1 N–H and O–H groups in total. The molecule has 3 saturated heterocycles. The average molecular weight is 253 g/mol. The Morgan fingerprint density at radius 3 is 2.50 bits per heavy atom. The summed E-state index contributed by atoms with van der Waals surface area (Å²) in [5.41, 5.74) is 1.34. The first-order chi connectivity index (χ1) is 6.83. The largest absolute Gasteiger partial charge is 0.367 e. The number of piperidine rings is 1. The molecule has 2 nitrogen and oxygen atoms in total. The van der Waals surface area contributed by atoms with Gasteiger partial charge in [-0.3, -0.25) is 0 Å². The van der Waals surface area contributed by atoms with Crippen LogP contribution in [-0.2, 0) is 0 Å². The Kier molecular flexibility index (Phi) is 2.03. The van der Waals surface area contributed by atoms with Crippen LogP contribution in [0.5, 0.6) is 0 Å². The first kappa shape index (κ1) is 8.74. The fourth-order valence-corrected chi connectivity index (χ4v) is 2.95. The van der Waals surface area contributed by atoms with E-state index in [2.05, 4.69) is 50.4 Å². The SMILES string of the molecule is Brc1ccccc1N1CC2CC(C1)N2. The summed E-state index contributed by atoms with van der Waals surface area (Å²) in [5, 5.41) is 3.54. The Morgan fingerprint density at radius 1 is 1.21 bits per heavy atom. The standard InChI is InChI=1S/C11H13BrN2/c12-10-3-1-2-4-11(10)14-6-8-5-9(7-14)13-8/h1-4,8-9,13H,5-7H2. The molecule has 74 valence electrons. The molecule has 3 heterocycles.